The van der Waals surface area contributed by atoms with Crippen molar-refractivity contribution in [1.29, 1.82) is 0 Å². The molecule has 0 spiro atoms. The molecule has 1 saturated heterocycles. The quantitative estimate of drug-likeness (QED) is 0.523. The van der Waals surface area contributed by atoms with Crippen LogP contribution in [0.4, 0.5) is 0 Å². The van der Waals surface area contributed by atoms with Crippen LogP contribution >= 0.6 is 0 Å². The van der Waals surface area contributed by atoms with Gasteiger partial charge in [-0.05, 0) is 13.8 Å². The highest BCUT2D eigenvalue weighted by molar-refractivity contribution is 5.74. The van der Waals surface area contributed by atoms with E-state index in [1.54, 1.807) is 0 Å². The third kappa shape index (κ3) is 3.87. The molecule has 0 aliphatic carbocycles. The second-order valence-electron chi connectivity index (χ2n) is 4.37. The van der Waals surface area contributed by atoms with Crippen LogP contribution in [0.2, 0.25) is 0 Å². The van der Waals surface area contributed by atoms with Crippen molar-refractivity contribution in [2.45, 2.75) is 57.6 Å². The fourth-order valence-electron chi connectivity index (χ4n) is 1.69. The molecule has 19 heavy (non-hydrogen) atoms. The van der Waals surface area contributed by atoms with Crippen LogP contribution in [0.1, 0.15) is 20.8 Å². The highest BCUT2D eigenvalue weighted by Crippen LogP contribution is 2.25. The van der Waals surface area contributed by atoms with Crippen molar-refractivity contribution >= 4 is 11.9 Å². The summed E-state index contributed by atoms with van der Waals surface area (Å²) in [6.45, 7) is 3.75. The van der Waals surface area contributed by atoms with Gasteiger partial charge in [0, 0.05) is 6.92 Å². The third-order valence-corrected chi connectivity index (χ3v) is 2.67. The number of carbonyl (C=O) groups is 2. The first-order chi connectivity index (χ1) is 8.73. The van der Waals surface area contributed by atoms with E-state index in [1.807, 2.05) is 0 Å². The van der Waals surface area contributed by atoms with Gasteiger partial charge in [-0.3, -0.25) is 4.79 Å². The average molecular weight is 278 g/mol. The first kappa shape index (κ1) is 15.8. The first-order valence-corrected chi connectivity index (χ1v) is 5.81. The summed E-state index contributed by atoms with van der Waals surface area (Å²) in [5.41, 5.74) is 0. The van der Waals surface area contributed by atoms with Gasteiger partial charge in [0.25, 0.3) is 0 Å². The molecule has 1 aliphatic rings. The summed E-state index contributed by atoms with van der Waals surface area (Å²) in [5.74, 6) is -1.73. The van der Waals surface area contributed by atoms with E-state index in [9.17, 15) is 19.8 Å². The van der Waals surface area contributed by atoms with Crippen molar-refractivity contribution < 1.29 is 39.1 Å². The number of ether oxygens (including phenoxy) is 3. The molecule has 0 amide bonds. The minimum Gasteiger partial charge on any atom is -0.453 e. The predicted molar refractivity (Wildman–Crippen MR) is 59.7 cm³/mol. The number of hydrogen-bond donors (Lipinski definition) is 3. The van der Waals surface area contributed by atoms with Crippen molar-refractivity contribution in [3.63, 3.8) is 0 Å². The summed E-state index contributed by atoms with van der Waals surface area (Å²) in [4.78, 5) is 22.3. The Kier molecular flexibility index (Phi) is 5.24. The van der Waals surface area contributed by atoms with Crippen LogP contribution in [0.15, 0.2) is 0 Å². The summed E-state index contributed by atoms with van der Waals surface area (Å²) in [5, 5.41) is 28.6. The summed E-state index contributed by atoms with van der Waals surface area (Å²) >= 11 is 0. The molecule has 1 rings (SSSR count). The Morgan fingerprint density at radius 1 is 1.21 bits per heavy atom. The normalized spacial score (nSPS) is 36.4. The topological polar surface area (TPSA) is 123 Å². The standard InChI is InChI=1S/C11H18O8/c1-4(12)10(15)19-8-7(14)5(2)17-11(16)9(8)18-6(3)13/h4-5,7-9,11-12,14,16H,1-3H3/t4-,5+,7+,8-,9-,11-/m1/s1. The lowest BCUT2D eigenvalue weighted by atomic mass is 9.99. The zero-order valence-electron chi connectivity index (χ0n) is 10.8. The first-order valence-electron chi connectivity index (χ1n) is 5.81. The largest absolute Gasteiger partial charge is 0.453 e. The fourth-order valence-corrected chi connectivity index (χ4v) is 1.69. The van der Waals surface area contributed by atoms with Gasteiger partial charge in [0.15, 0.2) is 18.5 Å². The molecule has 1 aliphatic heterocycles. The third-order valence-electron chi connectivity index (χ3n) is 2.67. The molecule has 6 atom stereocenters. The number of esters is 2. The van der Waals surface area contributed by atoms with E-state index in [4.69, 9.17) is 19.3 Å². The second kappa shape index (κ2) is 6.29. The van der Waals surface area contributed by atoms with Gasteiger partial charge in [0.2, 0.25) is 0 Å². The summed E-state index contributed by atoms with van der Waals surface area (Å²) in [6, 6.07) is 0. The number of rotatable bonds is 3. The Morgan fingerprint density at radius 2 is 1.79 bits per heavy atom. The molecule has 0 bridgehead atoms. The molecule has 0 radical (unpaired) electrons. The smallest absolute Gasteiger partial charge is 0.335 e. The van der Waals surface area contributed by atoms with Crippen LogP contribution in [-0.4, -0.2) is 64.1 Å². The molecule has 1 heterocycles. The number of aliphatic hydroxyl groups is 3. The molecule has 0 aromatic carbocycles. The maximum atomic E-state index is 11.4. The molecular weight excluding hydrogens is 260 g/mol. The van der Waals surface area contributed by atoms with Crippen molar-refractivity contribution in [1.82, 2.24) is 0 Å². The zero-order valence-corrected chi connectivity index (χ0v) is 10.8. The maximum Gasteiger partial charge on any atom is 0.335 e. The van der Waals surface area contributed by atoms with Crippen LogP contribution in [0.25, 0.3) is 0 Å². The van der Waals surface area contributed by atoms with E-state index in [2.05, 4.69) is 0 Å². The number of aliphatic hydroxyl groups excluding tert-OH is 3. The molecule has 0 saturated carbocycles. The van der Waals surface area contributed by atoms with Crippen LogP contribution in [0.5, 0.6) is 0 Å². The Hall–Kier alpha value is -1.22. The lowest BCUT2D eigenvalue weighted by molar-refractivity contribution is -0.286. The molecule has 0 aromatic heterocycles. The minimum atomic E-state index is -1.53. The number of carbonyl (C=O) groups excluding carboxylic acids is 2. The van der Waals surface area contributed by atoms with Gasteiger partial charge in [0.1, 0.15) is 12.2 Å². The van der Waals surface area contributed by atoms with Gasteiger partial charge in [0.05, 0.1) is 6.10 Å². The van der Waals surface area contributed by atoms with E-state index < -0.39 is 48.7 Å². The molecule has 8 heteroatoms. The SMILES string of the molecule is CC(=O)O[C@@H]1[C@H](OC(=O)[C@@H](C)O)[C@@H](O)[C@H](C)O[C@H]1O. The van der Waals surface area contributed by atoms with Crippen LogP contribution in [0.3, 0.4) is 0 Å². The van der Waals surface area contributed by atoms with Gasteiger partial charge in [-0.2, -0.15) is 0 Å². The van der Waals surface area contributed by atoms with E-state index in [-0.39, 0.29) is 0 Å². The molecule has 3 N–H and O–H groups in total. The molecular formula is C11H18O8. The van der Waals surface area contributed by atoms with E-state index in [1.165, 1.54) is 13.8 Å². The fraction of sp³-hybridized carbons (Fsp3) is 0.818. The molecule has 8 nitrogen and oxygen atoms in total. The highest BCUT2D eigenvalue weighted by atomic mass is 16.7. The Bertz CT molecular complexity index is 342. The predicted octanol–water partition coefficient (Wildman–Crippen LogP) is -1.69. The summed E-state index contributed by atoms with van der Waals surface area (Å²) in [7, 11) is 0. The monoisotopic (exact) mass is 278 g/mol. The van der Waals surface area contributed by atoms with Gasteiger partial charge in [-0.1, -0.05) is 0 Å². The van der Waals surface area contributed by atoms with Gasteiger partial charge in [-0.15, -0.1) is 0 Å². The van der Waals surface area contributed by atoms with Crippen LogP contribution < -0.4 is 0 Å². The average Bonchev–Trinajstić information content (AvgIpc) is 2.29. The lowest BCUT2D eigenvalue weighted by Gasteiger charge is -2.40. The van der Waals surface area contributed by atoms with Gasteiger partial charge >= 0.3 is 11.9 Å². The van der Waals surface area contributed by atoms with Crippen molar-refractivity contribution in [2.24, 2.45) is 0 Å². The van der Waals surface area contributed by atoms with Gasteiger partial charge in [-0.25, -0.2) is 4.79 Å². The molecule has 1 fully saturated rings. The Balaban J connectivity index is 2.88. The summed E-state index contributed by atoms with van der Waals surface area (Å²) in [6.07, 6.45) is -7.73. The highest BCUT2D eigenvalue weighted by Gasteiger charge is 2.47. The van der Waals surface area contributed by atoms with Crippen LogP contribution in [0, 0.1) is 0 Å². The summed E-state index contributed by atoms with van der Waals surface area (Å²) < 4.78 is 14.6. The molecule has 0 aromatic rings. The van der Waals surface area contributed by atoms with Crippen molar-refractivity contribution in [3.05, 3.63) is 0 Å². The second-order valence-corrected chi connectivity index (χ2v) is 4.37. The van der Waals surface area contributed by atoms with Crippen LogP contribution in [-0.2, 0) is 23.8 Å². The van der Waals surface area contributed by atoms with Crippen molar-refractivity contribution in [2.75, 3.05) is 0 Å². The minimum absolute atomic E-state index is 0.729. The zero-order chi connectivity index (χ0) is 14.7. The maximum absolute atomic E-state index is 11.4. The lowest BCUT2D eigenvalue weighted by Crippen LogP contribution is -2.59. The molecule has 110 valence electrons. The number of hydrogen-bond acceptors (Lipinski definition) is 8. The van der Waals surface area contributed by atoms with E-state index in [0.29, 0.717) is 0 Å². The molecule has 0 unspecified atom stereocenters. The Labute approximate surface area is 109 Å². The van der Waals surface area contributed by atoms with E-state index in [0.717, 1.165) is 6.92 Å². The Morgan fingerprint density at radius 3 is 2.26 bits per heavy atom. The van der Waals surface area contributed by atoms with Gasteiger partial charge < -0.3 is 29.5 Å². The van der Waals surface area contributed by atoms with Crippen molar-refractivity contribution in [3.8, 4) is 0 Å². The van der Waals surface area contributed by atoms with E-state index >= 15 is 0 Å².